The van der Waals surface area contributed by atoms with Crippen LogP contribution >= 0.6 is 0 Å². The maximum absolute atomic E-state index is 13.0. The molecule has 0 spiro atoms. The summed E-state index contributed by atoms with van der Waals surface area (Å²) in [6, 6.07) is 15.5. The number of likely N-dealkylation sites (N-methyl/N-ethyl adjacent to an activating group) is 1. The molecule has 0 unspecified atom stereocenters. The molecule has 1 aromatic heterocycles. The van der Waals surface area contributed by atoms with Crippen LogP contribution in [0.5, 0.6) is 0 Å². The fraction of sp³-hybridized carbons (Fsp3) is 0.185. The molecule has 6 heteroatoms. The smallest absolute Gasteiger partial charge is 0.256 e. The number of benzene rings is 2. The summed E-state index contributed by atoms with van der Waals surface area (Å²) in [6.45, 7) is 11.3. The van der Waals surface area contributed by atoms with Gasteiger partial charge in [0.1, 0.15) is 11.6 Å². The van der Waals surface area contributed by atoms with E-state index >= 15 is 0 Å². The van der Waals surface area contributed by atoms with Gasteiger partial charge in [-0.1, -0.05) is 37.4 Å². The van der Waals surface area contributed by atoms with Crippen LogP contribution in [0.15, 0.2) is 86.3 Å². The van der Waals surface area contributed by atoms with Crippen LogP contribution in [0.2, 0.25) is 0 Å². The van der Waals surface area contributed by atoms with Crippen molar-refractivity contribution in [2.75, 3.05) is 43.4 Å². The van der Waals surface area contributed by atoms with Crippen molar-refractivity contribution >= 4 is 33.9 Å². The highest BCUT2D eigenvalue weighted by atomic mass is 16.5. The fourth-order valence-electron chi connectivity index (χ4n) is 3.86. The highest BCUT2D eigenvalue weighted by Crippen LogP contribution is 2.24. The average Bonchev–Trinajstić information content (AvgIpc) is 2.84. The molecule has 0 atom stereocenters. The second-order valence-corrected chi connectivity index (χ2v) is 7.98. The van der Waals surface area contributed by atoms with Crippen molar-refractivity contribution in [3.05, 3.63) is 97.4 Å². The zero-order valence-electron chi connectivity index (χ0n) is 18.8. The number of allylic oxidation sites excluding steroid dienone is 2. The van der Waals surface area contributed by atoms with E-state index in [-0.39, 0.29) is 5.91 Å². The summed E-state index contributed by atoms with van der Waals surface area (Å²) in [5, 5.41) is 4.83. The standard InChI is InChI=1S/C27H28N4O2/c1-4-7-25(33-5-2)20-10-11-22-19-28-26(18-23(22)16-20)29-27(32)21-8-6-9-24(17-21)31-14-12-30(3)13-15-31/h4-11,16-19H,1-2,12-15H2,3H3,(H,28,29,32)/b25-7-. The van der Waals surface area contributed by atoms with E-state index in [4.69, 9.17) is 4.74 Å². The summed E-state index contributed by atoms with van der Waals surface area (Å²) in [7, 11) is 2.13. The number of carbonyl (C=O) groups is 1. The van der Waals surface area contributed by atoms with Crippen molar-refractivity contribution in [3.8, 4) is 0 Å². The molecule has 1 amide bonds. The second kappa shape index (κ2) is 10.1. The van der Waals surface area contributed by atoms with Crippen LogP contribution in [-0.2, 0) is 4.74 Å². The van der Waals surface area contributed by atoms with Crippen LogP contribution in [0.4, 0.5) is 11.5 Å². The van der Waals surface area contributed by atoms with Gasteiger partial charge in [-0.2, -0.15) is 0 Å². The minimum atomic E-state index is -0.184. The van der Waals surface area contributed by atoms with Gasteiger partial charge in [-0.3, -0.25) is 4.79 Å². The summed E-state index contributed by atoms with van der Waals surface area (Å²) in [6.07, 6.45) is 6.58. The molecule has 2 heterocycles. The van der Waals surface area contributed by atoms with E-state index in [9.17, 15) is 4.79 Å². The van der Waals surface area contributed by atoms with E-state index in [0.29, 0.717) is 17.1 Å². The molecule has 0 aliphatic carbocycles. The summed E-state index contributed by atoms with van der Waals surface area (Å²) in [4.78, 5) is 22.0. The van der Waals surface area contributed by atoms with Crippen LogP contribution in [0.1, 0.15) is 15.9 Å². The number of nitrogens with one attached hydrogen (secondary N) is 1. The quantitative estimate of drug-likeness (QED) is 0.417. The van der Waals surface area contributed by atoms with E-state index in [1.54, 1.807) is 18.3 Å². The Balaban J connectivity index is 1.54. The van der Waals surface area contributed by atoms with Gasteiger partial charge in [-0.15, -0.1) is 0 Å². The van der Waals surface area contributed by atoms with E-state index in [1.165, 1.54) is 6.26 Å². The van der Waals surface area contributed by atoms with Crippen LogP contribution in [0, 0.1) is 0 Å². The summed E-state index contributed by atoms with van der Waals surface area (Å²) >= 11 is 0. The van der Waals surface area contributed by atoms with Crippen LogP contribution in [0.3, 0.4) is 0 Å². The number of nitrogens with zero attached hydrogens (tertiary/aromatic N) is 3. The predicted molar refractivity (Wildman–Crippen MR) is 135 cm³/mol. The van der Waals surface area contributed by atoms with E-state index in [0.717, 1.165) is 48.2 Å². The van der Waals surface area contributed by atoms with Gasteiger partial charge in [0.05, 0.1) is 6.26 Å². The molecule has 1 N–H and O–H groups in total. The van der Waals surface area contributed by atoms with Crippen molar-refractivity contribution in [3.63, 3.8) is 0 Å². The summed E-state index contributed by atoms with van der Waals surface area (Å²) < 4.78 is 5.50. The number of anilines is 2. The Labute approximate surface area is 194 Å². The van der Waals surface area contributed by atoms with Crippen molar-refractivity contribution in [1.82, 2.24) is 9.88 Å². The van der Waals surface area contributed by atoms with Crippen molar-refractivity contribution in [1.29, 1.82) is 0 Å². The number of amides is 1. The molecule has 33 heavy (non-hydrogen) atoms. The fourth-order valence-corrected chi connectivity index (χ4v) is 3.86. The van der Waals surface area contributed by atoms with Crippen molar-refractivity contribution in [2.24, 2.45) is 0 Å². The third kappa shape index (κ3) is 5.30. The Morgan fingerprint density at radius 1 is 1.03 bits per heavy atom. The largest absolute Gasteiger partial charge is 0.465 e. The van der Waals surface area contributed by atoms with Gasteiger partial charge < -0.3 is 19.9 Å². The van der Waals surface area contributed by atoms with E-state index in [2.05, 4.69) is 46.4 Å². The van der Waals surface area contributed by atoms with Gasteiger partial charge in [-0.25, -0.2) is 4.98 Å². The Hall–Kier alpha value is -3.90. The zero-order valence-corrected chi connectivity index (χ0v) is 18.8. The molecule has 0 bridgehead atoms. The van der Waals surface area contributed by atoms with Crippen molar-refractivity contribution in [2.45, 2.75) is 0 Å². The van der Waals surface area contributed by atoms with Gasteiger partial charge >= 0.3 is 0 Å². The molecule has 6 nitrogen and oxygen atoms in total. The number of piperazine rings is 1. The number of aromatic nitrogens is 1. The Bertz CT molecular complexity index is 1210. The first-order valence-electron chi connectivity index (χ1n) is 10.9. The van der Waals surface area contributed by atoms with E-state index < -0.39 is 0 Å². The summed E-state index contributed by atoms with van der Waals surface area (Å²) in [5.74, 6) is 0.953. The number of hydrogen-bond acceptors (Lipinski definition) is 5. The monoisotopic (exact) mass is 440 g/mol. The Morgan fingerprint density at radius 2 is 1.85 bits per heavy atom. The predicted octanol–water partition coefficient (Wildman–Crippen LogP) is 4.93. The van der Waals surface area contributed by atoms with Gasteiger partial charge in [0.25, 0.3) is 5.91 Å². The SMILES string of the molecule is C=C/C=C(\OC=C)c1ccc2cnc(NC(=O)c3cccc(N4CCN(C)CC4)c3)cc2c1. The first-order valence-corrected chi connectivity index (χ1v) is 10.9. The van der Waals surface area contributed by atoms with Gasteiger partial charge in [0, 0.05) is 54.6 Å². The number of hydrogen-bond donors (Lipinski definition) is 1. The molecule has 2 aromatic carbocycles. The molecule has 1 fully saturated rings. The summed E-state index contributed by atoms with van der Waals surface area (Å²) in [5.41, 5.74) is 2.55. The highest BCUT2D eigenvalue weighted by Gasteiger charge is 2.16. The normalized spacial score (nSPS) is 14.7. The maximum atomic E-state index is 13.0. The molecule has 0 saturated carbocycles. The average molecular weight is 441 g/mol. The topological polar surface area (TPSA) is 57.7 Å². The number of pyridine rings is 1. The molecule has 1 saturated heterocycles. The molecule has 4 rings (SSSR count). The highest BCUT2D eigenvalue weighted by molar-refractivity contribution is 6.05. The first kappa shape index (κ1) is 22.3. The molecule has 1 aliphatic heterocycles. The van der Waals surface area contributed by atoms with Crippen LogP contribution in [0.25, 0.3) is 16.5 Å². The second-order valence-electron chi connectivity index (χ2n) is 7.98. The Morgan fingerprint density at radius 3 is 2.61 bits per heavy atom. The minimum absolute atomic E-state index is 0.184. The lowest BCUT2D eigenvalue weighted by Gasteiger charge is -2.34. The number of carbonyl (C=O) groups excluding carboxylic acids is 1. The van der Waals surface area contributed by atoms with Gasteiger partial charge in [-0.05, 0) is 48.8 Å². The first-order chi connectivity index (χ1) is 16.1. The molecular weight excluding hydrogens is 412 g/mol. The maximum Gasteiger partial charge on any atom is 0.256 e. The lowest BCUT2D eigenvalue weighted by atomic mass is 10.1. The lowest BCUT2D eigenvalue weighted by Crippen LogP contribution is -2.44. The number of ether oxygens (including phenoxy) is 1. The third-order valence-electron chi connectivity index (χ3n) is 5.70. The Kier molecular flexibility index (Phi) is 6.86. The van der Waals surface area contributed by atoms with Crippen LogP contribution in [-0.4, -0.2) is 49.0 Å². The number of rotatable bonds is 7. The lowest BCUT2D eigenvalue weighted by molar-refractivity contribution is 0.102. The molecule has 1 aliphatic rings. The third-order valence-corrected chi connectivity index (χ3v) is 5.70. The molecule has 0 radical (unpaired) electrons. The number of fused-ring (bicyclic) bond motifs is 1. The molecule has 168 valence electrons. The molecule has 3 aromatic rings. The van der Waals surface area contributed by atoms with E-state index in [1.807, 2.05) is 42.5 Å². The van der Waals surface area contributed by atoms with Crippen LogP contribution < -0.4 is 10.2 Å². The van der Waals surface area contributed by atoms with Gasteiger partial charge in [0.15, 0.2) is 0 Å². The van der Waals surface area contributed by atoms with Gasteiger partial charge in [0.2, 0.25) is 0 Å². The zero-order chi connectivity index (χ0) is 23.2. The minimum Gasteiger partial charge on any atom is -0.465 e. The molecular formula is C27H28N4O2. The van der Waals surface area contributed by atoms with Crippen molar-refractivity contribution < 1.29 is 9.53 Å².